The first-order chi connectivity index (χ1) is 14.2. The van der Waals surface area contributed by atoms with Crippen LogP contribution in [0.5, 0.6) is 5.75 Å². The van der Waals surface area contributed by atoms with E-state index in [1.165, 1.54) is 0 Å². The summed E-state index contributed by atoms with van der Waals surface area (Å²) in [5, 5.41) is 11.0. The van der Waals surface area contributed by atoms with E-state index in [1.54, 1.807) is 26.7 Å². The SMILES string of the molecule is CCOc1ccccc1NC(=O)N1CC(n2cc(C(=O)N3CCOCC3)nn2)C1. The number of urea groups is 1. The average molecular weight is 400 g/mol. The number of para-hydroxylation sites is 2. The Morgan fingerprint density at radius 1 is 1.21 bits per heavy atom. The van der Waals surface area contributed by atoms with Crippen LogP contribution >= 0.6 is 0 Å². The Morgan fingerprint density at radius 3 is 2.72 bits per heavy atom. The average Bonchev–Trinajstić information content (AvgIpc) is 3.18. The summed E-state index contributed by atoms with van der Waals surface area (Å²) >= 11 is 0. The Kier molecular flexibility index (Phi) is 5.61. The van der Waals surface area contributed by atoms with Crippen LogP contribution in [0.4, 0.5) is 10.5 Å². The zero-order chi connectivity index (χ0) is 20.2. The molecular formula is C19H24N6O4. The molecule has 0 aliphatic carbocycles. The van der Waals surface area contributed by atoms with E-state index < -0.39 is 0 Å². The number of nitrogens with zero attached hydrogens (tertiary/aromatic N) is 5. The molecule has 3 heterocycles. The second-order valence-corrected chi connectivity index (χ2v) is 6.91. The van der Waals surface area contributed by atoms with Gasteiger partial charge in [0.05, 0.1) is 37.7 Å². The van der Waals surface area contributed by atoms with Crippen LogP contribution in [-0.4, -0.2) is 82.7 Å². The van der Waals surface area contributed by atoms with Crippen LogP contribution in [0.1, 0.15) is 23.5 Å². The number of likely N-dealkylation sites (tertiary alicyclic amines) is 1. The lowest BCUT2D eigenvalue weighted by molar-refractivity contribution is 0.0299. The number of carbonyl (C=O) groups is 2. The Balaban J connectivity index is 1.31. The minimum absolute atomic E-state index is 0.00150. The highest BCUT2D eigenvalue weighted by molar-refractivity contribution is 5.92. The number of aromatic nitrogens is 3. The first-order valence-corrected chi connectivity index (χ1v) is 9.72. The van der Waals surface area contributed by atoms with Gasteiger partial charge in [0, 0.05) is 26.2 Å². The van der Waals surface area contributed by atoms with Gasteiger partial charge in [-0.05, 0) is 19.1 Å². The number of ether oxygens (including phenoxy) is 2. The molecule has 10 heteroatoms. The maximum atomic E-state index is 12.5. The summed E-state index contributed by atoms with van der Waals surface area (Å²) in [7, 11) is 0. The summed E-state index contributed by atoms with van der Waals surface area (Å²) in [4.78, 5) is 28.4. The van der Waals surface area contributed by atoms with Crippen LogP contribution in [0.15, 0.2) is 30.5 Å². The molecule has 0 unspecified atom stereocenters. The second-order valence-electron chi connectivity index (χ2n) is 6.91. The van der Waals surface area contributed by atoms with Gasteiger partial charge in [-0.2, -0.15) is 0 Å². The molecule has 0 spiro atoms. The Labute approximate surface area is 168 Å². The fourth-order valence-electron chi connectivity index (χ4n) is 3.32. The van der Waals surface area contributed by atoms with Crippen molar-refractivity contribution in [2.75, 3.05) is 51.3 Å². The van der Waals surface area contributed by atoms with Crippen molar-refractivity contribution >= 4 is 17.6 Å². The van der Waals surface area contributed by atoms with Crippen molar-refractivity contribution < 1.29 is 19.1 Å². The normalized spacial score (nSPS) is 17.0. The van der Waals surface area contributed by atoms with Crippen LogP contribution in [0.2, 0.25) is 0 Å². The number of amides is 3. The fourth-order valence-corrected chi connectivity index (χ4v) is 3.32. The number of rotatable bonds is 5. The van der Waals surface area contributed by atoms with Gasteiger partial charge in [-0.3, -0.25) is 4.79 Å². The van der Waals surface area contributed by atoms with E-state index >= 15 is 0 Å². The molecule has 2 aromatic rings. The molecule has 0 bridgehead atoms. The zero-order valence-corrected chi connectivity index (χ0v) is 16.3. The molecule has 0 saturated carbocycles. The third-order valence-corrected chi connectivity index (χ3v) is 4.98. The van der Waals surface area contributed by atoms with E-state index in [-0.39, 0.29) is 18.0 Å². The van der Waals surface area contributed by atoms with Gasteiger partial charge in [0.2, 0.25) is 0 Å². The van der Waals surface area contributed by atoms with Gasteiger partial charge < -0.3 is 24.6 Å². The van der Waals surface area contributed by atoms with Gasteiger partial charge in [0.15, 0.2) is 5.69 Å². The Morgan fingerprint density at radius 2 is 1.97 bits per heavy atom. The number of nitrogens with one attached hydrogen (secondary N) is 1. The molecule has 4 rings (SSSR count). The minimum Gasteiger partial charge on any atom is -0.492 e. The third-order valence-electron chi connectivity index (χ3n) is 4.98. The molecule has 3 amide bonds. The highest BCUT2D eigenvalue weighted by Gasteiger charge is 2.34. The molecule has 1 aromatic heterocycles. The van der Waals surface area contributed by atoms with E-state index in [2.05, 4.69) is 15.6 Å². The van der Waals surface area contributed by atoms with Crippen LogP contribution in [-0.2, 0) is 4.74 Å². The number of carbonyl (C=O) groups excluding carboxylic acids is 2. The fraction of sp³-hybridized carbons (Fsp3) is 0.474. The van der Waals surface area contributed by atoms with Crippen LogP contribution in [0.25, 0.3) is 0 Å². The smallest absolute Gasteiger partial charge is 0.322 e. The van der Waals surface area contributed by atoms with E-state index in [0.717, 1.165) is 0 Å². The molecule has 10 nitrogen and oxygen atoms in total. The molecule has 2 aliphatic rings. The maximum absolute atomic E-state index is 12.5. The van der Waals surface area contributed by atoms with Crippen molar-refractivity contribution in [3.63, 3.8) is 0 Å². The van der Waals surface area contributed by atoms with Crippen LogP contribution < -0.4 is 10.1 Å². The number of anilines is 1. The van der Waals surface area contributed by atoms with Gasteiger partial charge >= 0.3 is 6.03 Å². The lowest BCUT2D eigenvalue weighted by atomic mass is 10.1. The molecule has 2 saturated heterocycles. The molecule has 2 fully saturated rings. The molecule has 1 N–H and O–H groups in total. The summed E-state index contributed by atoms with van der Waals surface area (Å²) in [6.45, 7) is 5.62. The molecule has 2 aliphatic heterocycles. The van der Waals surface area contributed by atoms with Crippen LogP contribution in [0.3, 0.4) is 0 Å². The highest BCUT2D eigenvalue weighted by atomic mass is 16.5. The summed E-state index contributed by atoms with van der Waals surface area (Å²) in [6, 6.07) is 7.14. The predicted octanol–water partition coefficient (Wildman–Crippen LogP) is 1.24. The Bertz CT molecular complexity index is 873. The lowest BCUT2D eigenvalue weighted by Gasteiger charge is -2.38. The van der Waals surface area contributed by atoms with E-state index in [0.29, 0.717) is 63.1 Å². The largest absolute Gasteiger partial charge is 0.492 e. The first-order valence-electron chi connectivity index (χ1n) is 9.72. The summed E-state index contributed by atoms with van der Waals surface area (Å²) in [6.07, 6.45) is 1.65. The summed E-state index contributed by atoms with van der Waals surface area (Å²) in [5.41, 5.74) is 0.961. The summed E-state index contributed by atoms with van der Waals surface area (Å²) in [5.74, 6) is 0.504. The molecule has 0 atom stereocenters. The zero-order valence-electron chi connectivity index (χ0n) is 16.3. The highest BCUT2D eigenvalue weighted by Crippen LogP contribution is 2.26. The number of benzene rings is 1. The van der Waals surface area contributed by atoms with Crippen molar-refractivity contribution in [3.8, 4) is 5.75 Å². The third kappa shape index (κ3) is 4.16. The molecule has 1 aromatic carbocycles. The van der Waals surface area contributed by atoms with Crippen molar-refractivity contribution in [2.24, 2.45) is 0 Å². The van der Waals surface area contributed by atoms with Gasteiger partial charge in [0.25, 0.3) is 5.91 Å². The van der Waals surface area contributed by atoms with Crippen molar-refractivity contribution in [2.45, 2.75) is 13.0 Å². The quantitative estimate of drug-likeness (QED) is 0.810. The minimum atomic E-state index is -0.196. The number of hydrogen-bond donors (Lipinski definition) is 1. The van der Waals surface area contributed by atoms with Crippen molar-refractivity contribution in [1.82, 2.24) is 24.8 Å². The predicted molar refractivity (Wildman–Crippen MR) is 104 cm³/mol. The van der Waals surface area contributed by atoms with Gasteiger partial charge in [-0.1, -0.05) is 17.3 Å². The van der Waals surface area contributed by atoms with E-state index in [9.17, 15) is 9.59 Å². The van der Waals surface area contributed by atoms with E-state index in [1.807, 2.05) is 25.1 Å². The van der Waals surface area contributed by atoms with Crippen molar-refractivity contribution in [1.29, 1.82) is 0 Å². The monoisotopic (exact) mass is 400 g/mol. The lowest BCUT2D eigenvalue weighted by Crippen LogP contribution is -2.52. The van der Waals surface area contributed by atoms with Gasteiger partial charge in [-0.25, -0.2) is 9.48 Å². The molecule has 0 radical (unpaired) electrons. The second kappa shape index (κ2) is 8.48. The van der Waals surface area contributed by atoms with Gasteiger partial charge in [0.1, 0.15) is 5.75 Å². The first kappa shape index (κ1) is 19.2. The molecule has 154 valence electrons. The maximum Gasteiger partial charge on any atom is 0.322 e. The number of morpholine rings is 1. The molecular weight excluding hydrogens is 376 g/mol. The standard InChI is InChI=1S/C19H24N6O4/c1-2-29-17-6-4-3-5-15(17)20-19(27)24-11-14(12-24)25-13-16(21-22-25)18(26)23-7-9-28-10-8-23/h3-6,13-14H,2,7-12H2,1H3,(H,20,27). The topological polar surface area (TPSA) is 102 Å². The Hall–Kier alpha value is -3.14. The summed E-state index contributed by atoms with van der Waals surface area (Å²) < 4.78 is 12.5. The van der Waals surface area contributed by atoms with Crippen molar-refractivity contribution in [3.05, 3.63) is 36.2 Å². The molecule has 29 heavy (non-hydrogen) atoms. The number of hydrogen-bond acceptors (Lipinski definition) is 6. The van der Waals surface area contributed by atoms with Crippen LogP contribution in [0, 0.1) is 0 Å². The van der Waals surface area contributed by atoms with Gasteiger partial charge in [-0.15, -0.1) is 5.10 Å². The van der Waals surface area contributed by atoms with E-state index in [4.69, 9.17) is 9.47 Å².